The van der Waals surface area contributed by atoms with Crippen molar-refractivity contribution in [2.75, 3.05) is 40.0 Å². The molecule has 1 aromatic rings. The molecule has 0 amide bonds. The predicted octanol–water partition coefficient (Wildman–Crippen LogP) is 1.81. The molecular weight excluding hydrogens is 325 g/mol. The standard InChI is InChI=1S/C15H23F3N4O2/c1-21-4-2-11(3-5-21)8-13-19-14(12-9-23-6-7-24-12)22(20-13)10-15(16,17)18/h11-12H,2-10H2,1H3. The van der Waals surface area contributed by atoms with Gasteiger partial charge in [0.15, 0.2) is 11.6 Å². The number of piperidine rings is 1. The Labute approximate surface area is 138 Å². The second-order valence-corrected chi connectivity index (χ2v) is 6.54. The zero-order chi connectivity index (χ0) is 17.2. The largest absolute Gasteiger partial charge is 0.408 e. The maximum absolute atomic E-state index is 12.8. The number of hydrogen-bond acceptors (Lipinski definition) is 5. The van der Waals surface area contributed by atoms with E-state index in [9.17, 15) is 13.2 Å². The van der Waals surface area contributed by atoms with Crippen molar-refractivity contribution in [3.8, 4) is 0 Å². The Bertz CT molecular complexity index is 535. The van der Waals surface area contributed by atoms with Gasteiger partial charge in [0.25, 0.3) is 0 Å². The fraction of sp³-hybridized carbons (Fsp3) is 0.867. The van der Waals surface area contributed by atoms with E-state index in [4.69, 9.17) is 9.47 Å². The van der Waals surface area contributed by atoms with Crippen LogP contribution in [0.1, 0.15) is 30.6 Å². The fourth-order valence-electron chi connectivity index (χ4n) is 3.17. The summed E-state index contributed by atoms with van der Waals surface area (Å²) in [7, 11) is 2.07. The van der Waals surface area contributed by atoms with Gasteiger partial charge >= 0.3 is 6.18 Å². The molecule has 0 radical (unpaired) electrons. The number of aromatic nitrogens is 3. The van der Waals surface area contributed by atoms with E-state index in [0.717, 1.165) is 30.6 Å². The number of halogens is 3. The lowest BCUT2D eigenvalue weighted by atomic mass is 9.94. The summed E-state index contributed by atoms with van der Waals surface area (Å²) in [6, 6.07) is 0. The maximum atomic E-state index is 12.8. The van der Waals surface area contributed by atoms with Crippen LogP contribution in [0.5, 0.6) is 0 Å². The Morgan fingerprint density at radius 2 is 1.96 bits per heavy atom. The van der Waals surface area contributed by atoms with Gasteiger partial charge in [0.05, 0.1) is 19.8 Å². The molecule has 9 heteroatoms. The minimum Gasteiger partial charge on any atom is -0.376 e. The van der Waals surface area contributed by atoms with Crippen molar-refractivity contribution >= 4 is 0 Å². The fourth-order valence-corrected chi connectivity index (χ4v) is 3.17. The lowest BCUT2D eigenvalue weighted by molar-refractivity contribution is -0.146. The van der Waals surface area contributed by atoms with E-state index < -0.39 is 18.8 Å². The summed E-state index contributed by atoms with van der Waals surface area (Å²) in [5, 5.41) is 4.12. The lowest BCUT2D eigenvalue weighted by Gasteiger charge is -2.28. The van der Waals surface area contributed by atoms with Gasteiger partial charge in [0.1, 0.15) is 12.6 Å². The third-order valence-corrected chi connectivity index (χ3v) is 4.49. The van der Waals surface area contributed by atoms with Crippen LogP contribution in [0, 0.1) is 5.92 Å². The first kappa shape index (κ1) is 17.6. The Morgan fingerprint density at radius 3 is 2.58 bits per heavy atom. The van der Waals surface area contributed by atoms with Gasteiger partial charge in [-0.2, -0.15) is 18.3 Å². The van der Waals surface area contributed by atoms with Crippen molar-refractivity contribution in [2.24, 2.45) is 5.92 Å². The monoisotopic (exact) mass is 348 g/mol. The van der Waals surface area contributed by atoms with Crippen LogP contribution in [0.3, 0.4) is 0 Å². The molecule has 2 saturated heterocycles. The molecule has 1 aromatic heterocycles. The van der Waals surface area contributed by atoms with Gasteiger partial charge in [0.2, 0.25) is 0 Å². The molecule has 0 spiro atoms. The molecule has 2 aliphatic rings. The van der Waals surface area contributed by atoms with E-state index in [1.165, 1.54) is 0 Å². The second-order valence-electron chi connectivity index (χ2n) is 6.54. The first-order valence-electron chi connectivity index (χ1n) is 8.29. The quantitative estimate of drug-likeness (QED) is 0.831. The Hall–Kier alpha value is -1.19. The highest BCUT2D eigenvalue weighted by molar-refractivity contribution is 5.00. The van der Waals surface area contributed by atoms with Crippen molar-refractivity contribution < 1.29 is 22.6 Å². The van der Waals surface area contributed by atoms with Gasteiger partial charge in [-0.15, -0.1) is 0 Å². The number of likely N-dealkylation sites (tertiary alicyclic amines) is 1. The summed E-state index contributed by atoms with van der Waals surface area (Å²) in [5.41, 5.74) is 0. The minimum atomic E-state index is -4.34. The minimum absolute atomic E-state index is 0.213. The van der Waals surface area contributed by atoms with Gasteiger partial charge in [-0.1, -0.05) is 0 Å². The van der Waals surface area contributed by atoms with E-state index in [2.05, 4.69) is 22.0 Å². The summed E-state index contributed by atoms with van der Waals surface area (Å²) < 4.78 is 50.2. The van der Waals surface area contributed by atoms with Crippen molar-refractivity contribution in [3.05, 3.63) is 11.6 Å². The maximum Gasteiger partial charge on any atom is 0.408 e. The van der Waals surface area contributed by atoms with Gasteiger partial charge in [0, 0.05) is 6.42 Å². The van der Waals surface area contributed by atoms with Crippen molar-refractivity contribution in [2.45, 2.75) is 38.1 Å². The predicted molar refractivity (Wildman–Crippen MR) is 79.5 cm³/mol. The molecule has 1 atom stereocenters. The SMILES string of the molecule is CN1CCC(Cc2nc(C3COCCO3)n(CC(F)(F)F)n2)CC1. The van der Waals surface area contributed by atoms with Crippen LogP contribution in [0.2, 0.25) is 0 Å². The van der Waals surface area contributed by atoms with E-state index >= 15 is 0 Å². The Balaban J connectivity index is 1.74. The molecule has 1 unspecified atom stereocenters. The summed E-state index contributed by atoms with van der Waals surface area (Å²) in [4.78, 5) is 6.62. The van der Waals surface area contributed by atoms with Crippen LogP contribution in [0.4, 0.5) is 13.2 Å². The molecule has 24 heavy (non-hydrogen) atoms. The third-order valence-electron chi connectivity index (χ3n) is 4.49. The molecule has 6 nitrogen and oxygen atoms in total. The highest BCUT2D eigenvalue weighted by Gasteiger charge is 2.33. The lowest BCUT2D eigenvalue weighted by Crippen LogP contribution is -2.31. The number of rotatable bonds is 4. The summed E-state index contributed by atoms with van der Waals surface area (Å²) in [6.07, 6.45) is -2.28. The van der Waals surface area contributed by atoms with Crippen LogP contribution in [0.15, 0.2) is 0 Å². The number of ether oxygens (including phenoxy) is 2. The number of hydrogen-bond donors (Lipinski definition) is 0. The zero-order valence-electron chi connectivity index (χ0n) is 13.8. The van der Waals surface area contributed by atoms with Crippen LogP contribution in [-0.4, -0.2) is 65.8 Å². The summed E-state index contributed by atoms with van der Waals surface area (Å²) in [5.74, 6) is 1.10. The number of alkyl halides is 3. The molecule has 0 aromatic carbocycles. The molecule has 0 saturated carbocycles. The van der Waals surface area contributed by atoms with Crippen LogP contribution < -0.4 is 0 Å². The molecule has 3 heterocycles. The van der Waals surface area contributed by atoms with E-state index in [-0.39, 0.29) is 12.4 Å². The Kier molecular flexibility index (Phi) is 5.41. The molecule has 0 aliphatic carbocycles. The van der Waals surface area contributed by atoms with Crippen molar-refractivity contribution in [1.82, 2.24) is 19.7 Å². The first-order valence-corrected chi connectivity index (χ1v) is 8.29. The highest BCUT2D eigenvalue weighted by Crippen LogP contribution is 2.25. The third kappa shape index (κ3) is 4.67. The average molecular weight is 348 g/mol. The summed E-state index contributed by atoms with van der Waals surface area (Å²) >= 11 is 0. The molecule has 0 N–H and O–H groups in total. The van der Waals surface area contributed by atoms with E-state index in [1.54, 1.807) is 0 Å². The van der Waals surface area contributed by atoms with Crippen molar-refractivity contribution in [1.29, 1.82) is 0 Å². The first-order chi connectivity index (χ1) is 11.4. The zero-order valence-corrected chi connectivity index (χ0v) is 13.8. The van der Waals surface area contributed by atoms with Gasteiger partial charge in [-0.3, -0.25) is 0 Å². The van der Waals surface area contributed by atoms with Crippen LogP contribution in [-0.2, 0) is 22.4 Å². The number of nitrogens with zero attached hydrogens (tertiary/aromatic N) is 4. The molecule has 0 bridgehead atoms. The molecule has 3 rings (SSSR count). The molecule has 136 valence electrons. The normalized spacial score (nSPS) is 24.4. The molecule has 2 fully saturated rings. The highest BCUT2D eigenvalue weighted by atomic mass is 19.4. The smallest absolute Gasteiger partial charge is 0.376 e. The van der Waals surface area contributed by atoms with Crippen molar-refractivity contribution in [3.63, 3.8) is 0 Å². The van der Waals surface area contributed by atoms with E-state index in [0.29, 0.717) is 31.4 Å². The molecule has 2 aliphatic heterocycles. The average Bonchev–Trinajstić information content (AvgIpc) is 2.91. The molecular formula is C15H23F3N4O2. The van der Waals surface area contributed by atoms with Crippen LogP contribution in [0.25, 0.3) is 0 Å². The van der Waals surface area contributed by atoms with E-state index in [1.807, 2.05) is 0 Å². The van der Waals surface area contributed by atoms with Gasteiger partial charge in [-0.05, 0) is 38.9 Å². The summed E-state index contributed by atoms with van der Waals surface area (Å²) in [6.45, 7) is 1.87. The second kappa shape index (κ2) is 7.37. The van der Waals surface area contributed by atoms with Gasteiger partial charge < -0.3 is 14.4 Å². The van der Waals surface area contributed by atoms with Gasteiger partial charge in [-0.25, -0.2) is 9.67 Å². The Morgan fingerprint density at radius 1 is 1.21 bits per heavy atom. The topological polar surface area (TPSA) is 52.4 Å². The van der Waals surface area contributed by atoms with Crippen LogP contribution >= 0.6 is 0 Å².